The lowest BCUT2D eigenvalue weighted by molar-refractivity contribution is 0.414. The molecule has 3 heteroatoms. The zero-order valence-corrected chi connectivity index (χ0v) is 14.6. The van der Waals surface area contributed by atoms with E-state index in [1.54, 1.807) is 7.11 Å². The number of ether oxygens (including phenoxy) is 1. The summed E-state index contributed by atoms with van der Waals surface area (Å²) in [5, 5.41) is 0.796. The molecule has 0 fully saturated rings. The molecule has 0 bridgehead atoms. The highest BCUT2D eigenvalue weighted by atomic mass is 79.9. The zero-order chi connectivity index (χ0) is 15.4. The van der Waals surface area contributed by atoms with Crippen LogP contribution in [0.1, 0.15) is 23.6 Å². The van der Waals surface area contributed by atoms with Gasteiger partial charge >= 0.3 is 0 Å². The Balaban J connectivity index is 2.23. The topological polar surface area (TPSA) is 9.23 Å². The molecule has 0 amide bonds. The Morgan fingerprint density at radius 1 is 1.14 bits per heavy atom. The van der Waals surface area contributed by atoms with Gasteiger partial charge in [-0.2, -0.15) is 0 Å². The van der Waals surface area contributed by atoms with Crippen LogP contribution in [-0.2, 0) is 12.8 Å². The first kappa shape index (κ1) is 16.1. The molecule has 0 aliphatic carbocycles. The fraction of sp³-hybridized carbons (Fsp3) is 0.222. The number of aryl methyl sites for hydroxylation is 1. The van der Waals surface area contributed by atoms with Crippen LogP contribution in [0, 0.1) is 0 Å². The van der Waals surface area contributed by atoms with Gasteiger partial charge in [-0.05, 0) is 66.3 Å². The number of benzene rings is 2. The lowest BCUT2D eigenvalue weighted by Gasteiger charge is -2.14. The maximum atomic E-state index is 6.38. The number of hydrogen-bond donors (Lipinski definition) is 0. The Bertz CT molecular complexity index is 647. The molecule has 2 rings (SSSR count). The molecule has 0 radical (unpaired) electrons. The first-order valence-corrected chi connectivity index (χ1v) is 7.95. The normalized spacial score (nSPS) is 10.5. The van der Waals surface area contributed by atoms with Crippen molar-refractivity contribution < 1.29 is 4.74 Å². The van der Waals surface area contributed by atoms with Crippen molar-refractivity contribution in [3.63, 3.8) is 0 Å². The molecule has 2 aromatic carbocycles. The fourth-order valence-corrected chi connectivity index (χ4v) is 3.32. The fourth-order valence-electron chi connectivity index (χ4n) is 2.36. The summed E-state index contributed by atoms with van der Waals surface area (Å²) in [5.74, 6) is 0.877. The molecule has 2 aromatic rings. The van der Waals surface area contributed by atoms with Gasteiger partial charge in [-0.25, -0.2) is 0 Å². The number of allylic oxidation sites excluding steroid dienone is 1. The van der Waals surface area contributed by atoms with Crippen molar-refractivity contribution in [1.82, 2.24) is 0 Å². The second kappa shape index (κ2) is 7.15. The molecule has 110 valence electrons. The third kappa shape index (κ3) is 3.90. The Labute approximate surface area is 139 Å². The van der Waals surface area contributed by atoms with Crippen LogP contribution in [0.4, 0.5) is 0 Å². The summed E-state index contributed by atoms with van der Waals surface area (Å²) in [6.07, 6.45) is 1.81. The average Bonchev–Trinajstić information content (AvgIpc) is 2.48. The van der Waals surface area contributed by atoms with Crippen LogP contribution in [0.3, 0.4) is 0 Å². The molecule has 0 heterocycles. The van der Waals surface area contributed by atoms with Crippen LogP contribution in [0.2, 0.25) is 5.02 Å². The van der Waals surface area contributed by atoms with E-state index in [9.17, 15) is 0 Å². The molecule has 0 atom stereocenters. The molecule has 0 spiro atoms. The van der Waals surface area contributed by atoms with Crippen LogP contribution in [0.15, 0.2) is 47.4 Å². The van der Waals surface area contributed by atoms with Gasteiger partial charge in [-0.3, -0.25) is 0 Å². The molecule has 0 saturated carbocycles. The van der Waals surface area contributed by atoms with E-state index in [0.717, 1.165) is 44.8 Å². The van der Waals surface area contributed by atoms with E-state index in [4.69, 9.17) is 16.3 Å². The minimum Gasteiger partial charge on any atom is -0.497 e. The van der Waals surface area contributed by atoms with Crippen molar-refractivity contribution in [3.8, 4) is 5.75 Å². The van der Waals surface area contributed by atoms with Crippen LogP contribution in [0.25, 0.3) is 5.57 Å². The van der Waals surface area contributed by atoms with E-state index in [2.05, 4.69) is 34.6 Å². The van der Waals surface area contributed by atoms with E-state index >= 15 is 0 Å². The zero-order valence-electron chi connectivity index (χ0n) is 12.2. The van der Waals surface area contributed by atoms with E-state index in [1.165, 1.54) is 5.56 Å². The van der Waals surface area contributed by atoms with Crippen LogP contribution < -0.4 is 4.74 Å². The monoisotopic (exact) mass is 364 g/mol. The van der Waals surface area contributed by atoms with E-state index < -0.39 is 0 Å². The Morgan fingerprint density at radius 2 is 1.81 bits per heavy atom. The molecule has 0 saturated heterocycles. The van der Waals surface area contributed by atoms with Gasteiger partial charge in [0.25, 0.3) is 0 Å². The highest BCUT2D eigenvalue weighted by Crippen LogP contribution is 2.33. The Hall–Kier alpha value is -1.25. The first-order chi connectivity index (χ1) is 10.0. The predicted molar refractivity (Wildman–Crippen MR) is 94.3 cm³/mol. The van der Waals surface area contributed by atoms with Crippen LogP contribution in [-0.4, -0.2) is 7.11 Å². The Morgan fingerprint density at radius 3 is 2.38 bits per heavy atom. The molecule has 21 heavy (non-hydrogen) atoms. The number of methoxy groups -OCH3 is 1. The van der Waals surface area contributed by atoms with E-state index in [0.29, 0.717) is 0 Å². The van der Waals surface area contributed by atoms with Gasteiger partial charge < -0.3 is 4.74 Å². The summed E-state index contributed by atoms with van der Waals surface area (Å²) >= 11 is 9.97. The molecule has 0 N–H and O–H groups in total. The minimum atomic E-state index is 0.796. The number of rotatable bonds is 5. The summed E-state index contributed by atoms with van der Waals surface area (Å²) in [6.45, 7) is 6.07. The molecule has 0 aromatic heterocycles. The minimum absolute atomic E-state index is 0.796. The van der Waals surface area contributed by atoms with Crippen molar-refractivity contribution in [2.45, 2.75) is 19.8 Å². The summed E-state index contributed by atoms with van der Waals surface area (Å²) in [4.78, 5) is 0. The van der Waals surface area contributed by atoms with Gasteiger partial charge in [0.15, 0.2) is 0 Å². The van der Waals surface area contributed by atoms with Crippen molar-refractivity contribution >= 4 is 33.1 Å². The first-order valence-electron chi connectivity index (χ1n) is 6.78. The van der Waals surface area contributed by atoms with Crippen molar-refractivity contribution in [2.75, 3.05) is 7.11 Å². The summed E-state index contributed by atoms with van der Waals surface area (Å²) in [7, 11) is 1.68. The second-order valence-electron chi connectivity index (χ2n) is 5.01. The van der Waals surface area contributed by atoms with Crippen LogP contribution in [0.5, 0.6) is 5.75 Å². The Kier molecular flexibility index (Phi) is 5.49. The highest BCUT2D eigenvalue weighted by molar-refractivity contribution is 9.10. The predicted octanol–water partition coefficient (Wildman–Crippen LogP) is 5.93. The van der Waals surface area contributed by atoms with Crippen molar-refractivity contribution in [2.24, 2.45) is 0 Å². The number of halogens is 2. The smallest absolute Gasteiger partial charge is 0.118 e. The molecule has 0 unspecified atom stereocenters. The lowest BCUT2D eigenvalue weighted by Crippen LogP contribution is -1.98. The lowest BCUT2D eigenvalue weighted by atomic mass is 9.96. The van der Waals surface area contributed by atoms with E-state index in [1.807, 2.05) is 31.2 Å². The van der Waals surface area contributed by atoms with Gasteiger partial charge in [0.2, 0.25) is 0 Å². The van der Waals surface area contributed by atoms with Gasteiger partial charge in [-0.1, -0.05) is 46.2 Å². The van der Waals surface area contributed by atoms with Gasteiger partial charge in [0, 0.05) is 9.50 Å². The average molecular weight is 366 g/mol. The quantitative estimate of drug-likeness (QED) is 0.638. The van der Waals surface area contributed by atoms with Gasteiger partial charge in [0.05, 0.1) is 7.11 Å². The van der Waals surface area contributed by atoms with Crippen molar-refractivity contribution in [3.05, 3.63) is 69.2 Å². The summed E-state index contributed by atoms with van der Waals surface area (Å²) in [5.41, 5.74) is 4.55. The van der Waals surface area contributed by atoms with Crippen molar-refractivity contribution in [1.29, 1.82) is 0 Å². The summed E-state index contributed by atoms with van der Waals surface area (Å²) < 4.78 is 6.22. The molecule has 1 nitrogen and oxygen atoms in total. The molecule has 0 aliphatic rings. The van der Waals surface area contributed by atoms with Crippen LogP contribution >= 0.6 is 27.5 Å². The largest absolute Gasteiger partial charge is 0.497 e. The second-order valence-corrected chi connectivity index (χ2v) is 6.27. The van der Waals surface area contributed by atoms with Gasteiger partial charge in [0.1, 0.15) is 5.75 Å². The molecular formula is C18H18BrClO. The highest BCUT2D eigenvalue weighted by Gasteiger charge is 2.12. The standard InChI is InChI=1S/C18H18BrClO/c1-12(2)18-15(17(20)11-10-16(18)19)9-6-13-4-7-14(21-3)8-5-13/h4-5,7-8,10-11H,1,6,9H2,2-3H3. The maximum Gasteiger partial charge on any atom is 0.118 e. The van der Waals surface area contributed by atoms with E-state index in [-0.39, 0.29) is 0 Å². The third-order valence-corrected chi connectivity index (χ3v) is 4.47. The van der Waals surface area contributed by atoms with Gasteiger partial charge in [-0.15, -0.1) is 0 Å². The third-order valence-electron chi connectivity index (χ3n) is 3.45. The molecular weight excluding hydrogens is 348 g/mol. The maximum absolute atomic E-state index is 6.38. The SMILES string of the molecule is C=C(C)c1c(Br)ccc(Cl)c1CCc1ccc(OC)cc1. The summed E-state index contributed by atoms with van der Waals surface area (Å²) in [6, 6.07) is 12.1. The number of hydrogen-bond acceptors (Lipinski definition) is 1. The molecule has 0 aliphatic heterocycles.